The van der Waals surface area contributed by atoms with Crippen molar-refractivity contribution in [2.45, 2.75) is 0 Å². The Hall–Kier alpha value is -2.47. The Morgan fingerprint density at radius 1 is 1.35 bits per heavy atom. The monoisotopic (exact) mass is 312 g/mol. The lowest BCUT2D eigenvalue weighted by molar-refractivity contribution is -0.149. The summed E-state index contributed by atoms with van der Waals surface area (Å²) in [5, 5.41) is 10.5. The molecule has 0 bridgehead atoms. The van der Waals surface area contributed by atoms with Crippen LogP contribution in [0.3, 0.4) is 0 Å². The average molecular weight is 312 g/mol. The van der Waals surface area contributed by atoms with Gasteiger partial charge in [-0.15, -0.1) is 0 Å². The fraction of sp³-hybridized carbons (Fsp3) is 0.353. The number of carboxylic acid groups (broad SMARTS) is 1. The lowest BCUT2D eigenvalue weighted by Gasteiger charge is -2.22. The molecule has 1 aromatic carbocycles. The molecule has 1 N–H and O–H groups in total. The highest BCUT2D eigenvalue weighted by molar-refractivity contribution is 5.98. The number of amides is 1. The Morgan fingerprint density at radius 2 is 2.17 bits per heavy atom. The van der Waals surface area contributed by atoms with Crippen molar-refractivity contribution in [2.24, 2.45) is 11.3 Å². The number of likely N-dealkylation sites (tertiary alicyclic amines) is 1. The highest BCUT2D eigenvalue weighted by Crippen LogP contribution is 2.42. The molecule has 2 saturated heterocycles. The van der Waals surface area contributed by atoms with Crippen molar-refractivity contribution in [2.75, 3.05) is 26.3 Å². The molecular formula is C17H16N2O4. The standard InChI is InChI=1S/C17H16N2O4/c20-15(12-5-11-3-1-2-4-14(11)18-6-12)19-7-13-8-23-10-17(13,9-19)16(21)22/h1-6,13H,7-10H2,(H,21,22)/t13-,17-/m1/s1. The number of hydrogen-bond acceptors (Lipinski definition) is 4. The summed E-state index contributed by atoms with van der Waals surface area (Å²) in [4.78, 5) is 30.3. The molecule has 3 heterocycles. The van der Waals surface area contributed by atoms with E-state index in [1.165, 1.54) is 0 Å². The van der Waals surface area contributed by atoms with Gasteiger partial charge in [-0.05, 0) is 12.1 Å². The number of carbonyl (C=O) groups is 2. The summed E-state index contributed by atoms with van der Waals surface area (Å²) < 4.78 is 5.34. The zero-order valence-electron chi connectivity index (χ0n) is 12.4. The summed E-state index contributed by atoms with van der Waals surface area (Å²) in [6.45, 7) is 1.18. The van der Waals surface area contributed by atoms with Crippen LogP contribution in [0.1, 0.15) is 10.4 Å². The van der Waals surface area contributed by atoms with Crippen LogP contribution in [0.25, 0.3) is 10.9 Å². The molecule has 6 heteroatoms. The molecule has 0 saturated carbocycles. The normalized spacial score (nSPS) is 26.4. The van der Waals surface area contributed by atoms with Crippen molar-refractivity contribution < 1.29 is 19.4 Å². The van der Waals surface area contributed by atoms with E-state index in [0.29, 0.717) is 18.7 Å². The summed E-state index contributed by atoms with van der Waals surface area (Å²) in [5.41, 5.74) is 0.364. The average Bonchev–Trinajstić information content (AvgIpc) is 3.12. The highest BCUT2D eigenvalue weighted by atomic mass is 16.5. The van der Waals surface area contributed by atoms with Crippen LogP contribution in [0.15, 0.2) is 36.5 Å². The molecule has 0 radical (unpaired) electrons. The van der Waals surface area contributed by atoms with Crippen LogP contribution < -0.4 is 0 Å². The van der Waals surface area contributed by atoms with Crippen LogP contribution in [0, 0.1) is 11.3 Å². The minimum absolute atomic E-state index is 0.141. The molecule has 1 amide bonds. The molecule has 2 aliphatic rings. The Balaban J connectivity index is 1.63. The number of carboxylic acids is 1. The number of pyridine rings is 1. The van der Waals surface area contributed by atoms with Gasteiger partial charge in [0.15, 0.2) is 0 Å². The van der Waals surface area contributed by atoms with Crippen molar-refractivity contribution >= 4 is 22.8 Å². The SMILES string of the molecule is O=C(c1cnc2ccccc2c1)N1C[C@@H]2COC[C@]2(C(=O)O)C1. The predicted octanol–water partition coefficient (Wildman–Crippen LogP) is 1.41. The second-order valence-electron chi connectivity index (χ2n) is 6.28. The van der Waals surface area contributed by atoms with E-state index in [9.17, 15) is 14.7 Å². The molecule has 2 fully saturated rings. The van der Waals surface area contributed by atoms with Crippen molar-refractivity contribution in [3.8, 4) is 0 Å². The van der Waals surface area contributed by atoms with Gasteiger partial charge in [0.1, 0.15) is 5.41 Å². The highest BCUT2D eigenvalue weighted by Gasteiger charge is 2.57. The molecule has 2 aromatic rings. The summed E-state index contributed by atoms with van der Waals surface area (Å²) in [6.07, 6.45) is 1.56. The van der Waals surface area contributed by atoms with E-state index in [1.54, 1.807) is 11.1 Å². The summed E-state index contributed by atoms with van der Waals surface area (Å²) in [6, 6.07) is 9.40. The Morgan fingerprint density at radius 3 is 2.96 bits per heavy atom. The van der Waals surface area contributed by atoms with Gasteiger partial charge in [0.25, 0.3) is 5.91 Å². The van der Waals surface area contributed by atoms with Crippen LogP contribution in [0.4, 0.5) is 0 Å². The van der Waals surface area contributed by atoms with Gasteiger partial charge in [0.05, 0.1) is 24.3 Å². The molecule has 0 unspecified atom stereocenters. The Bertz CT molecular complexity index is 806. The first-order chi connectivity index (χ1) is 11.1. The molecular weight excluding hydrogens is 296 g/mol. The van der Waals surface area contributed by atoms with Crippen molar-refractivity contribution in [1.82, 2.24) is 9.88 Å². The minimum Gasteiger partial charge on any atom is -0.481 e. The van der Waals surface area contributed by atoms with E-state index in [1.807, 2.05) is 30.3 Å². The number of benzene rings is 1. The van der Waals surface area contributed by atoms with Gasteiger partial charge in [-0.1, -0.05) is 18.2 Å². The number of aliphatic carboxylic acids is 1. The Kier molecular flexibility index (Phi) is 3.09. The van der Waals surface area contributed by atoms with Gasteiger partial charge in [-0.2, -0.15) is 0 Å². The third-order valence-electron chi connectivity index (χ3n) is 4.92. The lowest BCUT2D eigenvalue weighted by atomic mass is 9.81. The Labute approximate surface area is 132 Å². The fourth-order valence-electron chi connectivity index (χ4n) is 3.56. The van der Waals surface area contributed by atoms with Crippen LogP contribution in [0.2, 0.25) is 0 Å². The quantitative estimate of drug-likeness (QED) is 0.907. The molecule has 118 valence electrons. The van der Waals surface area contributed by atoms with Crippen LogP contribution in [-0.2, 0) is 9.53 Å². The fourth-order valence-corrected chi connectivity index (χ4v) is 3.56. The zero-order valence-corrected chi connectivity index (χ0v) is 12.4. The molecule has 6 nitrogen and oxygen atoms in total. The third kappa shape index (κ3) is 2.09. The predicted molar refractivity (Wildman–Crippen MR) is 82.0 cm³/mol. The second-order valence-corrected chi connectivity index (χ2v) is 6.28. The smallest absolute Gasteiger partial charge is 0.314 e. The summed E-state index contributed by atoms with van der Waals surface area (Å²) in [7, 11) is 0. The van der Waals surface area contributed by atoms with Crippen molar-refractivity contribution in [3.05, 3.63) is 42.1 Å². The van der Waals surface area contributed by atoms with Gasteiger partial charge in [0.2, 0.25) is 0 Å². The van der Waals surface area contributed by atoms with Gasteiger partial charge in [0, 0.05) is 30.6 Å². The number of hydrogen-bond donors (Lipinski definition) is 1. The number of para-hydroxylation sites is 1. The van der Waals surface area contributed by atoms with E-state index < -0.39 is 11.4 Å². The molecule has 4 rings (SSSR count). The van der Waals surface area contributed by atoms with E-state index in [-0.39, 0.29) is 25.0 Å². The topological polar surface area (TPSA) is 79.7 Å². The van der Waals surface area contributed by atoms with Gasteiger partial charge >= 0.3 is 5.97 Å². The van der Waals surface area contributed by atoms with Crippen LogP contribution in [0.5, 0.6) is 0 Å². The third-order valence-corrected chi connectivity index (χ3v) is 4.92. The molecule has 23 heavy (non-hydrogen) atoms. The van der Waals surface area contributed by atoms with Gasteiger partial charge in [-0.3, -0.25) is 14.6 Å². The van der Waals surface area contributed by atoms with E-state index in [0.717, 1.165) is 10.9 Å². The van der Waals surface area contributed by atoms with Crippen LogP contribution in [-0.4, -0.2) is 53.2 Å². The molecule has 0 aliphatic carbocycles. The molecule has 0 spiro atoms. The first-order valence-corrected chi connectivity index (χ1v) is 7.55. The van der Waals surface area contributed by atoms with Gasteiger partial charge in [-0.25, -0.2) is 0 Å². The lowest BCUT2D eigenvalue weighted by Crippen LogP contribution is -2.40. The van der Waals surface area contributed by atoms with Gasteiger partial charge < -0.3 is 14.7 Å². The van der Waals surface area contributed by atoms with Crippen molar-refractivity contribution in [1.29, 1.82) is 0 Å². The first kappa shape index (κ1) is 14.1. The maximum atomic E-state index is 12.7. The van der Waals surface area contributed by atoms with E-state index in [4.69, 9.17) is 4.74 Å². The number of carbonyl (C=O) groups excluding carboxylic acids is 1. The number of nitrogens with zero attached hydrogens (tertiary/aromatic N) is 2. The number of ether oxygens (including phenoxy) is 1. The zero-order chi connectivity index (χ0) is 16.0. The second kappa shape index (κ2) is 5.03. The largest absolute Gasteiger partial charge is 0.481 e. The minimum atomic E-state index is -0.958. The maximum Gasteiger partial charge on any atom is 0.314 e. The first-order valence-electron chi connectivity index (χ1n) is 7.55. The van der Waals surface area contributed by atoms with Crippen LogP contribution >= 0.6 is 0 Å². The number of aromatic nitrogens is 1. The van der Waals surface area contributed by atoms with Crippen molar-refractivity contribution in [3.63, 3.8) is 0 Å². The summed E-state index contributed by atoms with van der Waals surface area (Å²) >= 11 is 0. The van der Waals surface area contributed by atoms with E-state index >= 15 is 0 Å². The number of rotatable bonds is 2. The number of fused-ring (bicyclic) bond motifs is 2. The van der Waals surface area contributed by atoms with E-state index in [2.05, 4.69) is 4.98 Å². The summed E-state index contributed by atoms with van der Waals surface area (Å²) in [5.74, 6) is -1.19. The molecule has 2 aliphatic heterocycles. The molecule has 1 aromatic heterocycles. The maximum absolute atomic E-state index is 12.7. The molecule has 2 atom stereocenters.